The smallest absolute Gasteiger partial charge is 0.0534 e. The highest BCUT2D eigenvalue weighted by Gasteiger charge is 2.16. The van der Waals surface area contributed by atoms with Crippen LogP contribution >= 0.6 is 37.2 Å². The number of hydrogen-bond acceptors (Lipinski definition) is 3. The molecule has 0 unspecified atom stereocenters. The van der Waals surface area contributed by atoms with E-state index in [1.54, 1.807) is 0 Å². The Morgan fingerprint density at radius 2 is 1.88 bits per heavy atom. The van der Waals surface area contributed by atoms with E-state index in [2.05, 4.69) is 16.2 Å². The number of piperidine rings is 1. The lowest BCUT2D eigenvalue weighted by molar-refractivity contribution is 0.205. The zero-order chi connectivity index (χ0) is 9.97. The third-order valence-electron chi connectivity index (χ3n) is 2.80. The van der Waals surface area contributed by atoms with E-state index in [0.29, 0.717) is 6.04 Å². The van der Waals surface area contributed by atoms with Crippen LogP contribution in [0.2, 0.25) is 0 Å². The summed E-state index contributed by atoms with van der Waals surface area (Å²) < 4.78 is 1.85. The molecular formula is C10H21Cl3N4. The first-order valence-corrected chi connectivity index (χ1v) is 5.19. The van der Waals surface area contributed by atoms with Crippen molar-refractivity contribution in [2.75, 3.05) is 13.1 Å². The van der Waals surface area contributed by atoms with Gasteiger partial charge in [-0.15, -0.1) is 37.2 Å². The third-order valence-corrected chi connectivity index (χ3v) is 2.80. The maximum atomic E-state index is 5.85. The Hall–Kier alpha value is -0.0000000000000000555. The molecule has 1 aromatic rings. The summed E-state index contributed by atoms with van der Waals surface area (Å²) >= 11 is 0. The highest BCUT2D eigenvalue weighted by molar-refractivity contribution is 5.86. The zero-order valence-corrected chi connectivity index (χ0v) is 12.4. The summed E-state index contributed by atoms with van der Waals surface area (Å²) in [4.78, 5) is 2.44. The van der Waals surface area contributed by atoms with E-state index in [9.17, 15) is 0 Å². The van der Waals surface area contributed by atoms with Crippen LogP contribution < -0.4 is 5.73 Å². The van der Waals surface area contributed by atoms with E-state index in [1.807, 2.05) is 17.9 Å². The number of hydrogen-bond donors (Lipinski definition) is 1. The molecule has 2 rings (SSSR count). The van der Waals surface area contributed by atoms with Crippen LogP contribution in [-0.2, 0) is 13.6 Å². The zero-order valence-electron chi connectivity index (χ0n) is 9.91. The topological polar surface area (TPSA) is 47.1 Å². The number of nitrogens with two attached hydrogens (primary N) is 1. The molecule has 0 aliphatic carbocycles. The maximum Gasteiger partial charge on any atom is 0.0534 e. The van der Waals surface area contributed by atoms with E-state index in [4.69, 9.17) is 5.73 Å². The fourth-order valence-corrected chi connectivity index (χ4v) is 1.92. The minimum absolute atomic E-state index is 0. The molecule has 0 saturated carbocycles. The van der Waals surface area contributed by atoms with Gasteiger partial charge in [0.2, 0.25) is 0 Å². The van der Waals surface area contributed by atoms with Crippen molar-refractivity contribution < 1.29 is 0 Å². The molecule has 1 aromatic heterocycles. The summed E-state index contributed by atoms with van der Waals surface area (Å²) in [6, 6.07) is 0.417. The van der Waals surface area contributed by atoms with Crippen molar-refractivity contribution in [3.63, 3.8) is 0 Å². The van der Waals surface area contributed by atoms with Crippen molar-refractivity contribution in [1.82, 2.24) is 14.7 Å². The van der Waals surface area contributed by atoms with E-state index in [0.717, 1.165) is 32.5 Å². The average Bonchev–Trinajstić information content (AvgIpc) is 2.56. The van der Waals surface area contributed by atoms with Gasteiger partial charge in [0.1, 0.15) is 0 Å². The molecule has 0 radical (unpaired) electrons. The largest absolute Gasteiger partial charge is 0.328 e. The maximum absolute atomic E-state index is 5.85. The van der Waals surface area contributed by atoms with E-state index >= 15 is 0 Å². The van der Waals surface area contributed by atoms with Crippen LogP contribution in [0.15, 0.2) is 12.4 Å². The van der Waals surface area contributed by atoms with E-state index in [-0.39, 0.29) is 37.2 Å². The van der Waals surface area contributed by atoms with Gasteiger partial charge in [-0.1, -0.05) is 0 Å². The van der Waals surface area contributed by atoms with E-state index < -0.39 is 0 Å². The molecule has 2 N–H and O–H groups in total. The van der Waals surface area contributed by atoms with Gasteiger partial charge in [-0.05, 0) is 25.9 Å². The molecule has 1 aliphatic heterocycles. The summed E-state index contributed by atoms with van der Waals surface area (Å²) in [6.45, 7) is 3.26. The van der Waals surface area contributed by atoms with Gasteiger partial charge in [0, 0.05) is 31.4 Å². The van der Waals surface area contributed by atoms with Gasteiger partial charge in [0.25, 0.3) is 0 Å². The van der Waals surface area contributed by atoms with Gasteiger partial charge < -0.3 is 5.73 Å². The highest BCUT2D eigenvalue weighted by Crippen LogP contribution is 2.11. The summed E-state index contributed by atoms with van der Waals surface area (Å²) in [5.41, 5.74) is 7.15. The molecule has 2 heterocycles. The number of halogens is 3. The Bertz CT molecular complexity index is 297. The van der Waals surface area contributed by atoms with Crippen LogP contribution in [-0.4, -0.2) is 33.8 Å². The summed E-state index contributed by atoms with van der Waals surface area (Å²) in [5, 5.41) is 4.16. The van der Waals surface area contributed by atoms with Crippen molar-refractivity contribution in [3.8, 4) is 0 Å². The van der Waals surface area contributed by atoms with Gasteiger partial charge >= 0.3 is 0 Å². The fourth-order valence-electron chi connectivity index (χ4n) is 1.92. The van der Waals surface area contributed by atoms with Crippen LogP contribution in [0, 0.1) is 0 Å². The Morgan fingerprint density at radius 3 is 2.35 bits per heavy atom. The second-order valence-corrected chi connectivity index (χ2v) is 4.14. The Kier molecular flexibility index (Phi) is 10.2. The first kappa shape index (κ1) is 19.3. The number of aromatic nitrogens is 2. The lowest BCUT2D eigenvalue weighted by atomic mass is 10.1. The first-order valence-electron chi connectivity index (χ1n) is 5.19. The lowest BCUT2D eigenvalue weighted by Gasteiger charge is -2.29. The lowest BCUT2D eigenvalue weighted by Crippen LogP contribution is -2.39. The minimum Gasteiger partial charge on any atom is -0.328 e. The van der Waals surface area contributed by atoms with Crippen LogP contribution in [0.1, 0.15) is 18.4 Å². The van der Waals surface area contributed by atoms with Crippen molar-refractivity contribution in [2.45, 2.75) is 25.4 Å². The third kappa shape index (κ3) is 5.93. The first-order chi connectivity index (χ1) is 6.74. The van der Waals surface area contributed by atoms with Crippen molar-refractivity contribution in [3.05, 3.63) is 18.0 Å². The van der Waals surface area contributed by atoms with Crippen LogP contribution in [0.5, 0.6) is 0 Å². The summed E-state index contributed by atoms with van der Waals surface area (Å²) in [6.07, 6.45) is 6.27. The van der Waals surface area contributed by atoms with Gasteiger partial charge in [0.15, 0.2) is 0 Å². The molecule has 0 spiro atoms. The fraction of sp³-hybridized carbons (Fsp3) is 0.700. The number of likely N-dealkylation sites (tertiary alicyclic amines) is 1. The normalized spacial score (nSPS) is 16.6. The Labute approximate surface area is 121 Å². The molecule has 102 valence electrons. The molecular weight excluding hydrogens is 282 g/mol. The quantitative estimate of drug-likeness (QED) is 0.903. The molecule has 0 aromatic carbocycles. The Balaban J connectivity index is 0. The molecule has 17 heavy (non-hydrogen) atoms. The van der Waals surface area contributed by atoms with Crippen LogP contribution in [0.25, 0.3) is 0 Å². The van der Waals surface area contributed by atoms with Crippen molar-refractivity contribution >= 4 is 37.2 Å². The molecule has 1 aliphatic rings. The standard InChI is InChI=1S/C10H18N4.3ClH/c1-13-7-9(6-12-13)8-14-4-2-10(11)3-5-14;;;/h6-7,10H,2-5,8,11H2,1H3;3*1H. The van der Waals surface area contributed by atoms with E-state index in [1.165, 1.54) is 5.56 Å². The van der Waals surface area contributed by atoms with Gasteiger partial charge in [-0.2, -0.15) is 5.10 Å². The number of nitrogens with zero attached hydrogens (tertiary/aromatic N) is 3. The van der Waals surface area contributed by atoms with Gasteiger partial charge in [0.05, 0.1) is 6.20 Å². The molecule has 4 nitrogen and oxygen atoms in total. The van der Waals surface area contributed by atoms with Crippen LogP contribution in [0.3, 0.4) is 0 Å². The predicted octanol–water partition coefficient (Wildman–Crippen LogP) is 1.61. The molecule has 1 fully saturated rings. The summed E-state index contributed by atoms with van der Waals surface area (Å²) in [5.74, 6) is 0. The monoisotopic (exact) mass is 302 g/mol. The SMILES string of the molecule is Cl.Cl.Cl.Cn1cc(CN2CCC(N)CC2)cn1. The number of aryl methyl sites for hydroxylation is 1. The van der Waals surface area contributed by atoms with Crippen molar-refractivity contribution in [2.24, 2.45) is 12.8 Å². The van der Waals surface area contributed by atoms with Crippen LogP contribution in [0.4, 0.5) is 0 Å². The van der Waals surface area contributed by atoms with Crippen molar-refractivity contribution in [1.29, 1.82) is 0 Å². The van der Waals surface area contributed by atoms with Gasteiger partial charge in [-0.25, -0.2) is 0 Å². The Morgan fingerprint density at radius 1 is 1.29 bits per heavy atom. The molecule has 0 bridgehead atoms. The summed E-state index contributed by atoms with van der Waals surface area (Å²) in [7, 11) is 1.95. The predicted molar refractivity (Wildman–Crippen MR) is 77.4 cm³/mol. The minimum atomic E-state index is 0. The second-order valence-electron chi connectivity index (χ2n) is 4.14. The average molecular weight is 304 g/mol. The molecule has 0 atom stereocenters. The van der Waals surface area contributed by atoms with Gasteiger partial charge in [-0.3, -0.25) is 9.58 Å². The molecule has 7 heteroatoms. The molecule has 1 saturated heterocycles. The highest BCUT2D eigenvalue weighted by atomic mass is 35.5. The second kappa shape index (κ2) is 9.00. The molecule has 0 amide bonds. The number of rotatable bonds is 2.